The lowest BCUT2D eigenvalue weighted by Gasteiger charge is -2.13. The van der Waals surface area contributed by atoms with Crippen molar-refractivity contribution in [3.05, 3.63) is 0 Å². The second-order valence-electron chi connectivity index (χ2n) is 4.31. The molecule has 0 saturated carbocycles. The van der Waals surface area contributed by atoms with Gasteiger partial charge in [-0.3, -0.25) is 4.79 Å². The summed E-state index contributed by atoms with van der Waals surface area (Å²) in [5.74, 6) is 0.382. The van der Waals surface area contributed by atoms with Crippen molar-refractivity contribution in [2.24, 2.45) is 5.92 Å². The van der Waals surface area contributed by atoms with E-state index in [1.807, 2.05) is 13.8 Å². The number of hydrogen-bond acceptors (Lipinski definition) is 3. The zero-order valence-corrected chi connectivity index (χ0v) is 9.45. The maximum Gasteiger partial charge on any atom is 0.407 e. The van der Waals surface area contributed by atoms with Gasteiger partial charge in [-0.1, -0.05) is 13.8 Å². The highest BCUT2D eigenvalue weighted by molar-refractivity contribution is 5.80. The highest BCUT2D eigenvalue weighted by Crippen LogP contribution is 2.08. The molecule has 1 N–H and O–H groups in total. The molecule has 1 rings (SSSR count). The van der Waals surface area contributed by atoms with Gasteiger partial charge in [-0.15, -0.1) is 0 Å². The number of ether oxygens (including phenoxy) is 1. The molecule has 1 fully saturated rings. The fraction of sp³-hybridized carbons (Fsp3) is 0.800. The number of hydrogen-bond donors (Lipinski definition) is 1. The molecule has 0 bridgehead atoms. The third kappa shape index (κ3) is 3.77. The first-order chi connectivity index (χ1) is 6.99. The minimum absolute atomic E-state index is 0.0594. The van der Waals surface area contributed by atoms with Gasteiger partial charge in [0, 0.05) is 20.0 Å². The van der Waals surface area contributed by atoms with Gasteiger partial charge in [-0.05, 0) is 5.92 Å². The summed E-state index contributed by atoms with van der Waals surface area (Å²) in [7, 11) is 1.73. The topological polar surface area (TPSA) is 58.6 Å². The Bertz CT molecular complexity index is 253. The van der Waals surface area contributed by atoms with Crippen LogP contribution in [0.3, 0.4) is 0 Å². The summed E-state index contributed by atoms with van der Waals surface area (Å²) in [4.78, 5) is 24.0. The second kappa shape index (κ2) is 5.00. The quantitative estimate of drug-likeness (QED) is 0.748. The third-order valence-electron chi connectivity index (χ3n) is 2.21. The number of alkyl carbamates (subject to hydrolysis) is 1. The van der Waals surface area contributed by atoms with E-state index < -0.39 is 6.09 Å². The average Bonchev–Trinajstić information content (AvgIpc) is 2.42. The normalized spacial score (nSPS) is 20.9. The SMILES string of the molecule is CC(C)COC(=O)N[C@H]1CC(=O)N(C)C1. The van der Waals surface area contributed by atoms with Gasteiger partial charge in [0.25, 0.3) is 0 Å². The van der Waals surface area contributed by atoms with Gasteiger partial charge in [-0.2, -0.15) is 0 Å². The fourth-order valence-electron chi connectivity index (χ4n) is 1.41. The Morgan fingerprint density at radius 3 is 2.80 bits per heavy atom. The van der Waals surface area contributed by atoms with Gasteiger partial charge in [0.05, 0.1) is 12.6 Å². The molecule has 1 saturated heterocycles. The van der Waals surface area contributed by atoms with Crippen molar-refractivity contribution in [3.63, 3.8) is 0 Å². The minimum atomic E-state index is -0.434. The Morgan fingerprint density at radius 2 is 2.33 bits per heavy atom. The van der Waals surface area contributed by atoms with Crippen LogP contribution in [0.1, 0.15) is 20.3 Å². The van der Waals surface area contributed by atoms with E-state index in [1.54, 1.807) is 11.9 Å². The number of nitrogens with one attached hydrogen (secondary N) is 1. The zero-order valence-electron chi connectivity index (χ0n) is 9.45. The van der Waals surface area contributed by atoms with E-state index in [-0.39, 0.29) is 11.9 Å². The Kier molecular flexibility index (Phi) is 3.94. The Morgan fingerprint density at radius 1 is 1.67 bits per heavy atom. The molecule has 2 amide bonds. The molecule has 5 heteroatoms. The molecule has 0 aromatic carbocycles. The molecule has 0 aliphatic carbocycles. The van der Waals surface area contributed by atoms with Gasteiger partial charge in [-0.25, -0.2) is 4.79 Å². The number of likely N-dealkylation sites (N-methyl/N-ethyl adjacent to an activating group) is 1. The van der Waals surface area contributed by atoms with Gasteiger partial charge < -0.3 is 15.0 Å². The van der Waals surface area contributed by atoms with Crippen molar-refractivity contribution < 1.29 is 14.3 Å². The largest absolute Gasteiger partial charge is 0.449 e. The van der Waals surface area contributed by atoms with Gasteiger partial charge >= 0.3 is 6.09 Å². The predicted molar refractivity (Wildman–Crippen MR) is 55.4 cm³/mol. The molecule has 15 heavy (non-hydrogen) atoms. The molecule has 1 aliphatic heterocycles. The van der Waals surface area contributed by atoms with E-state index in [2.05, 4.69) is 5.32 Å². The van der Waals surface area contributed by atoms with Crippen molar-refractivity contribution in [2.45, 2.75) is 26.3 Å². The minimum Gasteiger partial charge on any atom is -0.449 e. The van der Waals surface area contributed by atoms with Gasteiger partial charge in [0.1, 0.15) is 0 Å². The van der Waals surface area contributed by atoms with E-state index in [4.69, 9.17) is 4.74 Å². The molecule has 0 radical (unpaired) electrons. The lowest BCUT2D eigenvalue weighted by atomic mass is 10.2. The van der Waals surface area contributed by atoms with Crippen molar-refractivity contribution in [3.8, 4) is 0 Å². The summed E-state index contributed by atoms with van der Waals surface area (Å²) >= 11 is 0. The number of likely N-dealkylation sites (tertiary alicyclic amines) is 1. The van der Waals surface area contributed by atoms with E-state index in [0.717, 1.165) is 0 Å². The molecule has 5 nitrogen and oxygen atoms in total. The molecular formula is C10H18N2O3. The monoisotopic (exact) mass is 214 g/mol. The molecule has 0 unspecified atom stereocenters. The first-order valence-corrected chi connectivity index (χ1v) is 5.16. The van der Waals surface area contributed by atoms with Crippen LogP contribution < -0.4 is 5.32 Å². The van der Waals surface area contributed by atoms with Crippen LogP contribution in [0.15, 0.2) is 0 Å². The zero-order chi connectivity index (χ0) is 11.4. The summed E-state index contributed by atoms with van der Waals surface area (Å²) in [6, 6.07) is -0.109. The molecular weight excluding hydrogens is 196 g/mol. The molecule has 1 aliphatic rings. The van der Waals surface area contributed by atoms with E-state index in [9.17, 15) is 9.59 Å². The Balaban J connectivity index is 2.24. The van der Waals surface area contributed by atoms with Crippen LogP contribution in [0.5, 0.6) is 0 Å². The first kappa shape index (κ1) is 11.8. The van der Waals surface area contributed by atoms with Crippen LogP contribution >= 0.6 is 0 Å². The summed E-state index contributed by atoms with van der Waals surface area (Å²) in [6.45, 7) is 4.91. The van der Waals surface area contributed by atoms with Crippen molar-refractivity contribution in [1.82, 2.24) is 10.2 Å². The smallest absolute Gasteiger partial charge is 0.407 e. The Hall–Kier alpha value is -1.26. The van der Waals surface area contributed by atoms with Crippen LogP contribution in [-0.4, -0.2) is 43.1 Å². The van der Waals surface area contributed by atoms with Crippen molar-refractivity contribution in [1.29, 1.82) is 0 Å². The number of amides is 2. The Labute approximate surface area is 89.8 Å². The molecule has 1 atom stereocenters. The standard InChI is InChI=1S/C10H18N2O3/c1-7(2)6-15-10(14)11-8-4-9(13)12(3)5-8/h7-8H,4-6H2,1-3H3,(H,11,14)/t8-/m0/s1. The van der Waals surface area contributed by atoms with E-state index in [1.165, 1.54) is 0 Å². The molecule has 86 valence electrons. The molecule has 0 aromatic heterocycles. The lowest BCUT2D eigenvalue weighted by Crippen LogP contribution is -2.37. The first-order valence-electron chi connectivity index (χ1n) is 5.16. The average molecular weight is 214 g/mol. The molecule has 1 heterocycles. The number of carbonyl (C=O) groups is 2. The second-order valence-corrected chi connectivity index (χ2v) is 4.31. The van der Waals surface area contributed by atoms with Crippen LogP contribution in [-0.2, 0) is 9.53 Å². The van der Waals surface area contributed by atoms with Gasteiger partial charge in [0.15, 0.2) is 0 Å². The van der Waals surface area contributed by atoms with Crippen LogP contribution in [0.25, 0.3) is 0 Å². The highest BCUT2D eigenvalue weighted by Gasteiger charge is 2.28. The van der Waals surface area contributed by atoms with E-state index in [0.29, 0.717) is 25.5 Å². The maximum absolute atomic E-state index is 11.3. The van der Waals surface area contributed by atoms with E-state index >= 15 is 0 Å². The number of rotatable bonds is 3. The summed E-state index contributed by atoms with van der Waals surface area (Å²) in [5, 5.41) is 2.67. The summed E-state index contributed by atoms with van der Waals surface area (Å²) in [5.41, 5.74) is 0. The van der Waals surface area contributed by atoms with Crippen LogP contribution in [0.2, 0.25) is 0 Å². The molecule has 0 aromatic rings. The maximum atomic E-state index is 11.3. The summed E-state index contributed by atoms with van der Waals surface area (Å²) in [6.07, 6.45) is -0.0652. The molecule has 0 spiro atoms. The summed E-state index contributed by atoms with van der Waals surface area (Å²) < 4.78 is 4.96. The number of nitrogens with zero attached hydrogens (tertiary/aromatic N) is 1. The highest BCUT2D eigenvalue weighted by atomic mass is 16.5. The van der Waals surface area contributed by atoms with Crippen LogP contribution in [0.4, 0.5) is 4.79 Å². The van der Waals surface area contributed by atoms with Gasteiger partial charge in [0.2, 0.25) is 5.91 Å². The van der Waals surface area contributed by atoms with Crippen LogP contribution in [0, 0.1) is 5.92 Å². The third-order valence-corrected chi connectivity index (χ3v) is 2.21. The predicted octanol–water partition coefficient (Wildman–Crippen LogP) is 0.599. The number of carbonyl (C=O) groups excluding carboxylic acids is 2. The lowest BCUT2D eigenvalue weighted by molar-refractivity contribution is -0.126. The fourth-order valence-corrected chi connectivity index (χ4v) is 1.41. The van der Waals surface area contributed by atoms with Crippen molar-refractivity contribution >= 4 is 12.0 Å². The van der Waals surface area contributed by atoms with Crippen molar-refractivity contribution in [2.75, 3.05) is 20.2 Å².